The first-order valence-corrected chi connectivity index (χ1v) is 7.36. The van der Waals surface area contributed by atoms with Crippen molar-refractivity contribution in [2.24, 2.45) is 0 Å². The highest BCUT2D eigenvalue weighted by atomic mass is 16.4. The van der Waals surface area contributed by atoms with E-state index in [1.54, 1.807) is 20.8 Å². The summed E-state index contributed by atoms with van der Waals surface area (Å²) in [5.41, 5.74) is 0. The zero-order valence-corrected chi connectivity index (χ0v) is 13.3. The number of rotatable bonds is 11. The van der Waals surface area contributed by atoms with Gasteiger partial charge in [-0.05, 0) is 19.9 Å². The maximum absolute atomic E-state index is 11.9. The maximum atomic E-state index is 11.9. The van der Waals surface area contributed by atoms with Gasteiger partial charge in [0.15, 0.2) is 5.78 Å². The molecule has 0 unspecified atom stereocenters. The van der Waals surface area contributed by atoms with Crippen LogP contribution in [0.4, 0.5) is 0 Å². The average Bonchev–Trinajstić information content (AvgIpc) is 2.47. The number of carbonyl (C=O) groups excluding carboxylic acids is 3. The van der Waals surface area contributed by atoms with Crippen LogP contribution in [0.3, 0.4) is 0 Å². The van der Waals surface area contributed by atoms with Gasteiger partial charge in [0.05, 0.1) is 18.6 Å². The summed E-state index contributed by atoms with van der Waals surface area (Å²) in [7, 11) is 0. The molecule has 0 aliphatic rings. The molecule has 0 aromatic rings. The number of carboxylic acid groups (broad SMARTS) is 1. The van der Waals surface area contributed by atoms with Crippen molar-refractivity contribution in [3.8, 4) is 0 Å². The molecule has 0 bridgehead atoms. The number of nitrogens with one attached hydrogen (secondary N) is 3. The summed E-state index contributed by atoms with van der Waals surface area (Å²) < 4.78 is 0. The van der Waals surface area contributed by atoms with Gasteiger partial charge in [0.2, 0.25) is 11.8 Å². The fourth-order valence-corrected chi connectivity index (χ4v) is 1.81. The third-order valence-corrected chi connectivity index (χ3v) is 3.05. The summed E-state index contributed by atoms with van der Waals surface area (Å²) in [6, 6.07) is -1.26. The Balaban J connectivity index is 4.28. The number of Topliss-reactive ketones (excluding diaryl/α,β-unsaturated/α-hetero) is 1. The van der Waals surface area contributed by atoms with Crippen molar-refractivity contribution in [2.75, 3.05) is 13.1 Å². The van der Waals surface area contributed by atoms with Gasteiger partial charge in [-0.3, -0.25) is 19.2 Å². The van der Waals surface area contributed by atoms with E-state index in [0.717, 1.165) is 0 Å². The second-order valence-electron chi connectivity index (χ2n) is 4.87. The number of carboxylic acids is 1. The van der Waals surface area contributed by atoms with Crippen molar-refractivity contribution in [3.05, 3.63) is 0 Å². The Morgan fingerprint density at radius 2 is 1.77 bits per heavy atom. The molecular formula is C14H25N3O5. The van der Waals surface area contributed by atoms with Gasteiger partial charge in [0.1, 0.15) is 0 Å². The summed E-state index contributed by atoms with van der Waals surface area (Å²) >= 11 is 0. The SMILES string of the molecule is CCN[C@H](CCC(=O)O)C(=O)NCC(=O)N[C@H](C)C(=O)CC. The molecule has 0 saturated heterocycles. The number of ketones is 1. The lowest BCUT2D eigenvalue weighted by Crippen LogP contribution is -2.49. The lowest BCUT2D eigenvalue weighted by Gasteiger charge is -2.17. The molecule has 0 heterocycles. The Bertz CT molecular complexity index is 411. The largest absolute Gasteiger partial charge is 0.481 e. The van der Waals surface area contributed by atoms with E-state index in [1.165, 1.54) is 0 Å². The molecule has 0 aliphatic carbocycles. The predicted molar refractivity (Wildman–Crippen MR) is 80.2 cm³/mol. The molecule has 8 nitrogen and oxygen atoms in total. The molecule has 0 saturated carbocycles. The third kappa shape index (κ3) is 8.35. The van der Waals surface area contributed by atoms with Crippen LogP contribution < -0.4 is 16.0 Å². The number of carbonyl (C=O) groups is 4. The minimum absolute atomic E-state index is 0.0911. The van der Waals surface area contributed by atoms with Crippen molar-refractivity contribution in [2.45, 2.75) is 52.1 Å². The molecule has 0 fully saturated rings. The van der Waals surface area contributed by atoms with Crippen molar-refractivity contribution in [1.82, 2.24) is 16.0 Å². The van der Waals surface area contributed by atoms with Gasteiger partial charge >= 0.3 is 5.97 Å². The van der Waals surface area contributed by atoms with E-state index in [9.17, 15) is 19.2 Å². The molecule has 8 heteroatoms. The molecule has 0 aliphatic heterocycles. The van der Waals surface area contributed by atoms with Gasteiger partial charge in [-0.2, -0.15) is 0 Å². The molecule has 0 aromatic carbocycles. The smallest absolute Gasteiger partial charge is 0.303 e. The Morgan fingerprint density at radius 3 is 2.27 bits per heavy atom. The normalized spacial score (nSPS) is 13.0. The van der Waals surface area contributed by atoms with E-state index in [2.05, 4.69) is 16.0 Å². The summed E-state index contributed by atoms with van der Waals surface area (Å²) in [6.45, 7) is 5.34. The number of hydrogen-bond acceptors (Lipinski definition) is 5. The highest BCUT2D eigenvalue weighted by Crippen LogP contribution is 1.98. The minimum atomic E-state index is -0.986. The van der Waals surface area contributed by atoms with Crippen LogP contribution in [0.25, 0.3) is 0 Å². The van der Waals surface area contributed by atoms with Crippen LogP contribution in [0.15, 0.2) is 0 Å². The first-order valence-electron chi connectivity index (χ1n) is 7.36. The lowest BCUT2D eigenvalue weighted by atomic mass is 10.1. The highest BCUT2D eigenvalue weighted by Gasteiger charge is 2.20. The zero-order chi connectivity index (χ0) is 17.1. The standard InChI is InChI=1S/C14H25N3O5/c1-4-11(18)9(3)17-12(19)8-16-14(22)10(15-5-2)6-7-13(20)21/h9-10,15H,4-8H2,1-3H3,(H,16,22)(H,17,19)(H,20,21)/t9-,10-/m1/s1. The fourth-order valence-electron chi connectivity index (χ4n) is 1.81. The predicted octanol–water partition coefficient (Wildman–Crippen LogP) is -0.571. The van der Waals surface area contributed by atoms with E-state index < -0.39 is 29.9 Å². The Kier molecular flexibility index (Phi) is 9.77. The van der Waals surface area contributed by atoms with Crippen LogP contribution in [0, 0.1) is 0 Å². The highest BCUT2D eigenvalue weighted by molar-refractivity contribution is 5.91. The van der Waals surface area contributed by atoms with Crippen molar-refractivity contribution in [1.29, 1.82) is 0 Å². The van der Waals surface area contributed by atoms with Gasteiger partial charge in [-0.15, -0.1) is 0 Å². The van der Waals surface area contributed by atoms with Gasteiger partial charge in [-0.25, -0.2) is 0 Å². The molecule has 0 radical (unpaired) electrons. The van der Waals surface area contributed by atoms with Crippen molar-refractivity contribution >= 4 is 23.6 Å². The third-order valence-electron chi connectivity index (χ3n) is 3.05. The first kappa shape index (κ1) is 20.0. The van der Waals surface area contributed by atoms with Crippen LogP contribution >= 0.6 is 0 Å². The molecule has 0 aromatic heterocycles. The second kappa shape index (κ2) is 10.7. The summed E-state index contributed by atoms with van der Waals surface area (Å²) in [5.74, 6) is -1.98. The average molecular weight is 315 g/mol. The summed E-state index contributed by atoms with van der Waals surface area (Å²) in [6.07, 6.45) is 0.326. The Labute approximate surface area is 130 Å². The van der Waals surface area contributed by atoms with E-state index >= 15 is 0 Å². The van der Waals surface area contributed by atoms with Gasteiger partial charge in [0.25, 0.3) is 0 Å². The molecule has 2 amide bonds. The lowest BCUT2D eigenvalue weighted by molar-refractivity contribution is -0.137. The topological polar surface area (TPSA) is 125 Å². The van der Waals surface area contributed by atoms with Crippen LogP contribution in [0.2, 0.25) is 0 Å². The minimum Gasteiger partial charge on any atom is -0.481 e. The number of likely N-dealkylation sites (N-methyl/N-ethyl adjacent to an activating group) is 1. The van der Waals surface area contributed by atoms with E-state index in [0.29, 0.717) is 13.0 Å². The molecule has 2 atom stereocenters. The molecule has 126 valence electrons. The molecule has 4 N–H and O–H groups in total. The Hall–Kier alpha value is -1.96. The van der Waals surface area contributed by atoms with Crippen molar-refractivity contribution in [3.63, 3.8) is 0 Å². The fraction of sp³-hybridized carbons (Fsp3) is 0.714. The number of hydrogen-bond donors (Lipinski definition) is 4. The second-order valence-corrected chi connectivity index (χ2v) is 4.87. The number of amides is 2. The van der Waals surface area contributed by atoms with Gasteiger partial charge in [-0.1, -0.05) is 13.8 Å². The van der Waals surface area contributed by atoms with E-state index in [4.69, 9.17) is 5.11 Å². The maximum Gasteiger partial charge on any atom is 0.303 e. The quantitative estimate of drug-likeness (QED) is 0.405. The van der Waals surface area contributed by atoms with Crippen molar-refractivity contribution < 1.29 is 24.3 Å². The van der Waals surface area contributed by atoms with Crippen LogP contribution in [0.5, 0.6) is 0 Å². The van der Waals surface area contributed by atoms with Crippen LogP contribution in [0.1, 0.15) is 40.0 Å². The van der Waals surface area contributed by atoms with E-state index in [-0.39, 0.29) is 25.2 Å². The van der Waals surface area contributed by atoms with Crippen LogP contribution in [-0.2, 0) is 19.2 Å². The van der Waals surface area contributed by atoms with E-state index in [1.807, 2.05) is 0 Å². The number of aliphatic carboxylic acids is 1. The van der Waals surface area contributed by atoms with Gasteiger partial charge < -0.3 is 21.1 Å². The summed E-state index contributed by atoms with van der Waals surface area (Å²) in [4.78, 5) is 45.5. The Morgan fingerprint density at radius 1 is 1.14 bits per heavy atom. The zero-order valence-electron chi connectivity index (χ0n) is 13.3. The molecular weight excluding hydrogens is 290 g/mol. The summed E-state index contributed by atoms with van der Waals surface area (Å²) in [5, 5.41) is 16.4. The molecule has 22 heavy (non-hydrogen) atoms. The van der Waals surface area contributed by atoms with Crippen LogP contribution in [-0.4, -0.2) is 53.8 Å². The van der Waals surface area contributed by atoms with Gasteiger partial charge in [0, 0.05) is 12.8 Å². The first-order chi connectivity index (χ1) is 10.3. The molecule has 0 rings (SSSR count). The monoisotopic (exact) mass is 315 g/mol. The molecule has 0 spiro atoms.